The van der Waals surface area contributed by atoms with Crippen LogP contribution in [0.4, 0.5) is 0 Å². The SMILES string of the molecule is CC(C)C(C(=O)O)c1ccco1. The molecule has 0 aliphatic heterocycles. The van der Waals surface area contributed by atoms with Crippen LogP contribution in [0.15, 0.2) is 22.8 Å². The lowest BCUT2D eigenvalue weighted by Crippen LogP contribution is -2.16. The van der Waals surface area contributed by atoms with Crippen molar-refractivity contribution >= 4 is 5.97 Å². The molecule has 0 aliphatic carbocycles. The number of carbonyl (C=O) groups is 1. The number of furan rings is 1. The fourth-order valence-electron chi connectivity index (χ4n) is 1.20. The van der Waals surface area contributed by atoms with Crippen LogP contribution in [0.25, 0.3) is 0 Å². The zero-order valence-corrected chi connectivity index (χ0v) is 7.15. The van der Waals surface area contributed by atoms with Crippen molar-refractivity contribution in [3.63, 3.8) is 0 Å². The second kappa shape index (κ2) is 3.43. The van der Waals surface area contributed by atoms with Gasteiger partial charge in [0.15, 0.2) is 0 Å². The van der Waals surface area contributed by atoms with Crippen molar-refractivity contribution in [3.05, 3.63) is 24.2 Å². The van der Waals surface area contributed by atoms with Crippen molar-refractivity contribution in [3.8, 4) is 0 Å². The van der Waals surface area contributed by atoms with Gasteiger partial charge in [-0.15, -0.1) is 0 Å². The average Bonchev–Trinajstić information content (AvgIpc) is 2.37. The Bertz CT molecular complexity index is 249. The Labute approximate surface area is 71.0 Å². The molecule has 0 saturated carbocycles. The Morgan fingerprint density at radius 1 is 1.58 bits per heavy atom. The minimum absolute atomic E-state index is 0.0497. The van der Waals surface area contributed by atoms with Gasteiger partial charge in [-0.3, -0.25) is 4.79 Å². The molecule has 3 heteroatoms. The maximum absolute atomic E-state index is 10.8. The predicted molar refractivity (Wildman–Crippen MR) is 43.9 cm³/mol. The van der Waals surface area contributed by atoms with Crippen LogP contribution in [-0.2, 0) is 4.79 Å². The number of carboxylic acids is 1. The molecular weight excluding hydrogens is 156 g/mol. The van der Waals surface area contributed by atoms with Crippen molar-refractivity contribution in [2.24, 2.45) is 5.92 Å². The molecule has 1 aromatic heterocycles. The Kier molecular flexibility index (Phi) is 2.53. The molecule has 0 spiro atoms. The van der Waals surface area contributed by atoms with Gasteiger partial charge in [0.2, 0.25) is 0 Å². The van der Waals surface area contributed by atoms with E-state index in [1.165, 1.54) is 6.26 Å². The molecule has 0 aliphatic rings. The Balaban J connectivity index is 2.88. The van der Waals surface area contributed by atoms with E-state index < -0.39 is 11.9 Å². The summed E-state index contributed by atoms with van der Waals surface area (Å²) in [6.45, 7) is 3.72. The predicted octanol–water partition coefficient (Wildman–Crippen LogP) is 2.10. The highest BCUT2D eigenvalue weighted by molar-refractivity contribution is 5.75. The van der Waals surface area contributed by atoms with Gasteiger partial charge in [0.1, 0.15) is 11.7 Å². The van der Waals surface area contributed by atoms with Gasteiger partial charge in [-0.05, 0) is 18.1 Å². The van der Waals surface area contributed by atoms with Crippen molar-refractivity contribution < 1.29 is 14.3 Å². The zero-order valence-electron chi connectivity index (χ0n) is 7.15. The maximum Gasteiger partial charge on any atom is 0.314 e. The second-order valence-corrected chi connectivity index (χ2v) is 3.08. The van der Waals surface area contributed by atoms with E-state index in [2.05, 4.69) is 0 Å². The molecule has 0 fully saturated rings. The van der Waals surface area contributed by atoms with Crippen LogP contribution in [0.5, 0.6) is 0 Å². The molecule has 1 unspecified atom stereocenters. The Morgan fingerprint density at radius 3 is 2.58 bits per heavy atom. The largest absolute Gasteiger partial charge is 0.481 e. The van der Waals surface area contributed by atoms with E-state index in [9.17, 15) is 4.79 Å². The number of carboxylic acid groups (broad SMARTS) is 1. The third-order valence-corrected chi connectivity index (χ3v) is 1.78. The van der Waals surface area contributed by atoms with Gasteiger partial charge >= 0.3 is 5.97 Å². The van der Waals surface area contributed by atoms with Crippen LogP contribution in [0.2, 0.25) is 0 Å². The molecule has 1 rings (SSSR count). The summed E-state index contributed by atoms with van der Waals surface area (Å²) < 4.78 is 5.04. The summed E-state index contributed by atoms with van der Waals surface area (Å²) >= 11 is 0. The van der Waals surface area contributed by atoms with E-state index in [1.807, 2.05) is 13.8 Å². The van der Waals surface area contributed by atoms with Crippen molar-refractivity contribution in [2.45, 2.75) is 19.8 Å². The first-order chi connectivity index (χ1) is 5.63. The van der Waals surface area contributed by atoms with Gasteiger partial charge in [0, 0.05) is 0 Å². The van der Waals surface area contributed by atoms with Gasteiger partial charge in [-0.25, -0.2) is 0 Å². The summed E-state index contributed by atoms with van der Waals surface area (Å²) in [5.74, 6) is -0.786. The molecule has 1 heterocycles. The van der Waals surface area contributed by atoms with Gasteiger partial charge in [0.05, 0.1) is 6.26 Å². The summed E-state index contributed by atoms with van der Waals surface area (Å²) in [7, 11) is 0. The van der Waals surface area contributed by atoms with E-state index in [4.69, 9.17) is 9.52 Å². The zero-order chi connectivity index (χ0) is 9.14. The van der Waals surface area contributed by atoms with Crippen LogP contribution in [-0.4, -0.2) is 11.1 Å². The first-order valence-corrected chi connectivity index (χ1v) is 3.89. The van der Waals surface area contributed by atoms with Crippen LogP contribution in [0.3, 0.4) is 0 Å². The summed E-state index contributed by atoms with van der Waals surface area (Å²) in [5.41, 5.74) is 0. The monoisotopic (exact) mass is 168 g/mol. The number of hydrogen-bond donors (Lipinski definition) is 1. The minimum atomic E-state index is -0.833. The van der Waals surface area contributed by atoms with Crippen LogP contribution >= 0.6 is 0 Å². The molecule has 1 N–H and O–H groups in total. The molecule has 66 valence electrons. The van der Waals surface area contributed by atoms with Crippen LogP contribution < -0.4 is 0 Å². The minimum Gasteiger partial charge on any atom is -0.481 e. The van der Waals surface area contributed by atoms with Crippen molar-refractivity contribution in [1.82, 2.24) is 0 Å². The normalized spacial score (nSPS) is 13.2. The molecule has 3 nitrogen and oxygen atoms in total. The molecule has 12 heavy (non-hydrogen) atoms. The summed E-state index contributed by atoms with van der Waals surface area (Å²) in [6.07, 6.45) is 1.49. The highest BCUT2D eigenvalue weighted by Gasteiger charge is 2.25. The number of hydrogen-bond acceptors (Lipinski definition) is 2. The molecular formula is C9H12O3. The first kappa shape index (κ1) is 8.84. The molecule has 1 aromatic rings. The van der Waals surface area contributed by atoms with Gasteiger partial charge in [-0.2, -0.15) is 0 Å². The average molecular weight is 168 g/mol. The summed E-state index contributed by atoms with van der Waals surface area (Å²) in [5, 5.41) is 8.86. The van der Waals surface area contributed by atoms with Crippen LogP contribution in [0.1, 0.15) is 25.5 Å². The quantitative estimate of drug-likeness (QED) is 0.751. The molecule has 1 atom stereocenters. The smallest absolute Gasteiger partial charge is 0.314 e. The first-order valence-electron chi connectivity index (χ1n) is 3.89. The lowest BCUT2D eigenvalue weighted by molar-refractivity contribution is -0.140. The summed E-state index contributed by atoms with van der Waals surface area (Å²) in [4.78, 5) is 10.8. The maximum atomic E-state index is 10.8. The van der Waals surface area contributed by atoms with Gasteiger partial charge in [0.25, 0.3) is 0 Å². The van der Waals surface area contributed by atoms with E-state index in [0.29, 0.717) is 5.76 Å². The molecule has 0 amide bonds. The third-order valence-electron chi connectivity index (χ3n) is 1.78. The van der Waals surface area contributed by atoms with Crippen molar-refractivity contribution in [2.75, 3.05) is 0 Å². The summed E-state index contributed by atoms with van der Waals surface area (Å²) in [6, 6.07) is 3.40. The lowest BCUT2D eigenvalue weighted by Gasteiger charge is -2.12. The molecule has 0 bridgehead atoms. The highest BCUT2D eigenvalue weighted by Crippen LogP contribution is 2.24. The van der Waals surface area contributed by atoms with Gasteiger partial charge < -0.3 is 9.52 Å². The fraction of sp³-hybridized carbons (Fsp3) is 0.444. The second-order valence-electron chi connectivity index (χ2n) is 3.08. The van der Waals surface area contributed by atoms with Crippen molar-refractivity contribution in [1.29, 1.82) is 0 Å². The fourth-order valence-corrected chi connectivity index (χ4v) is 1.20. The Morgan fingerprint density at radius 2 is 2.25 bits per heavy atom. The topological polar surface area (TPSA) is 50.4 Å². The standard InChI is InChI=1S/C9H12O3/c1-6(2)8(9(10)11)7-4-3-5-12-7/h3-6,8H,1-2H3,(H,10,11). The Hall–Kier alpha value is -1.25. The number of aliphatic carboxylic acids is 1. The van der Waals surface area contributed by atoms with E-state index in [1.54, 1.807) is 12.1 Å². The molecule has 0 radical (unpaired) electrons. The molecule has 0 aromatic carbocycles. The van der Waals surface area contributed by atoms with Crippen LogP contribution in [0, 0.1) is 5.92 Å². The van der Waals surface area contributed by atoms with E-state index in [-0.39, 0.29) is 5.92 Å². The highest BCUT2D eigenvalue weighted by atomic mass is 16.4. The van der Waals surface area contributed by atoms with E-state index >= 15 is 0 Å². The van der Waals surface area contributed by atoms with Gasteiger partial charge in [-0.1, -0.05) is 13.8 Å². The third kappa shape index (κ3) is 1.67. The number of rotatable bonds is 3. The van der Waals surface area contributed by atoms with E-state index in [0.717, 1.165) is 0 Å². The lowest BCUT2D eigenvalue weighted by atomic mass is 9.94. The molecule has 0 saturated heterocycles.